The van der Waals surface area contributed by atoms with E-state index in [1.54, 1.807) is 23.1 Å². The Balaban J connectivity index is 1.64. The Bertz CT molecular complexity index is 934. The largest absolute Gasteiger partial charge is 0.472 e. The molecule has 0 radical (unpaired) electrons. The van der Waals surface area contributed by atoms with E-state index >= 15 is 0 Å². The predicted molar refractivity (Wildman–Crippen MR) is 108 cm³/mol. The van der Waals surface area contributed by atoms with E-state index in [4.69, 9.17) is 4.42 Å². The maximum absolute atomic E-state index is 13.4. The highest BCUT2D eigenvalue weighted by atomic mass is 19.1. The summed E-state index contributed by atoms with van der Waals surface area (Å²) >= 11 is 0. The van der Waals surface area contributed by atoms with Crippen LogP contribution in [0.5, 0.6) is 0 Å². The highest BCUT2D eigenvalue weighted by Crippen LogP contribution is 2.32. The van der Waals surface area contributed by atoms with E-state index in [0.717, 1.165) is 12.1 Å². The number of amides is 1. The average Bonchev–Trinajstić information content (AvgIpc) is 3.39. The minimum atomic E-state index is -0.329. The molecule has 1 aliphatic carbocycles. The molecule has 4 rings (SSSR count). The molecule has 1 fully saturated rings. The van der Waals surface area contributed by atoms with Crippen molar-refractivity contribution in [2.45, 2.75) is 32.4 Å². The van der Waals surface area contributed by atoms with Crippen molar-refractivity contribution in [2.24, 2.45) is 0 Å². The second-order valence-corrected chi connectivity index (χ2v) is 7.07. The third-order valence-corrected chi connectivity index (χ3v) is 5.06. The van der Waals surface area contributed by atoms with Gasteiger partial charge >= 0.3 is 0 Å². The summed E-state index contributed by atoms with van der Waals surface area (Å²) in [5, 5.41) is 0. The zero-order chi connectivity index (χ0) is 19.5. The van der Waals surface area contributed by atoms with Crippen molar-refractivity contribution in [3.05, 3.63) is 84.1 Å². The van der Waals surface area contributed by atoms with Crippen LogP contribution < -0.4 is 9.80 Å². The van der Waals surface area contributed by atoms with Crippen LogP contribution in [0.25, 0.3) is 0 Å². The number of rotatable bonds is 7. The number of halogens is 1. The average molecular weight is 378 g/mol. The number of nitrogens with zero attached hydrogens (tertiary/aromatic N) is 2. The summed E-state index contributed by atoms with van der Waals surface area (Å²) in [6, 6.07) is 16.6. The third-order valence-electron chi connectivity index (χ3n) is 5.06. The van der Waals surface area contributed by atoms with Crippen molar-refractivity contribution in [1.82, 2.24) is 0 Å². The van der Waals surface area contributed by atoms with Crippen LogP contribution in [0.4, 0.5) is 15.8 Å². The van der Waals surface area contributed by atoms with Gasteiger partial charge in [-0.3, -0.25) is 4.79 Å². The lowest BCUT2D eigenvalue weighted by Gasteiger charge is -2.25. The number of anilines is 2. The molecule has 1 saturated carbocycles. The second kappa shape index (κ2) is 7.89. The van der Waals surface area contributed by atoms with E-state index in [1.807, 2.05) is 12.1 Å². The lowest BCUT2D eigenvalue weighted by Crippen LogP contribution is -2.30. The van der Waals surface area contributed by atoms with Crippen LogP contribution in [0.3, 0.4) is 0 Å². The van der Waals surface area contributed by atoms with Gasteiger partial charge in [0.05, 0.1) is 18.4 Å². The fourth-order valence-electron chi connectivity index (χ4n) is 3.50. The van der Waals surface area contributed by atoms with E-state index in [1.165, 1.54) is 43.2 Å². The first kappa shape index (κ1) is 18.3. The summed E-state index contributed by atoms with van der Waals surface area (Å²) < 4.78 is 18.5. The SMILES string of the molecule is CCN(c1cccc(CN(C(=O)c2ccoc2)c2ccc(F)cc2)c1)C1CC1. The maximum Gasteiger partial charge on any atom is 0.261 e. The molecule has 1 aliphatic rings. The number of carbonyl (C=O) groups is 1. The van der Waals surface area contributed by atoms with Gasteiger partial charge in [0.1, 0.15) is 12.1 Å². The Labute approximate surface area is 164 Å². The summed E-state index contributed by atoms with van der Waals surface area (Å²) in [6.07, 6.45) is 5.38. The zero-order valence-corrected chi connectivity index (χ0v) is 15.8. The first-order valence-electron chi connectivity index (χ1n) is 9.61. The zero-order valence-electron chi connectivity index (χ0n) is 15.8. The molecule has 0 atom stereocenters. The van der Waals surface area contributed by atoms with Gasteiger partial charge in [-0.1, -0.05) is 12.1 Å². The van der Waals surface area contributed by atoms with Crippen LogP contribution in [-0.2, 0) is 6.54 Å². The van der Waals surface area contributed by atoms with Gasteiger partial charge in [-0.05, 0) is 67.8 Å². The maximum atomic E-state index is 13.4. The van der Waals surface area contributed by atoms with E-state index in [-0.39, 0.29) is 11.7 Å². The molecule has 1 aromatic heterocycles. The van der Waals surface area contributed by atoms with E-state index < -0.39 is 0 Å². The minimum absolute atomic E-state index is 0.180. The molecule has 2 aromatic carbocycles. The molecule has 0 spiro atoms. The first-order chi connectivity index (χ1) is 13.7. The monoisotopic (exact) mass is 378 g/mol. The standard InChI is InChI=1S/C23H23FN2O2/c1-2-25(20-10-11-20)22-5-3-4-17(14-22)15-26(21-8-6-19(24)7-9-21)23(27)18-12-13-28-16-18/h3-9,12-14,16,20H,2,10-11,15H2,1H3. The van der Waals surface area contributed by atoms with Gasteiger partial charge in [0, 0.05) is 24.0 Å². The van der Waals surface area contributed by atoms with Crippen LogP contribution in [-0.4, -0.2) is 18.5 Å². The first-order valence-corrected chi connectivity index (χ1v) is 9.61. The fourth-order valence-corrected chi connectivity index (χ4v) is 3.50. The van der Waals surface area contributed by atoms with Crippen LogP contribution in [0.15, 0.2) is 71.5 Å². The normalized spacial score (nSPS) is 13.4. The van der Waals surface area contributed by atoms with Gasteiger partial charge in [-0.15, -0.1) is 0 Å². The van der Waals surface area contributed by atoms with Gasteiger partial charge in [-0.2, -0.15) is 0 Å². The Hall–Kier alpha value is -3.08. The van der Waals surface area contributed by atoms with E-state index in [0.29, 0.717) is 23.8 Å². The molecule has 3 aromatic rings. The number of furan rings is 1. The van der Waals surface area contributed by atoms with Gasteiger partial charge in [0.2, 0.25) is 0 Å². The summed E-state index contributed by atoms with van der Waals surface area (Å²) in [4.78, 5) is 17.1. The van der Waals surface area contributed by atoms with Gasteiger partial charge < -0.3 is 14.2 Å². The molecule has 144 valence electrons. The van der Waals surface area contributed by atoms with Crippen LogP contribution in [0.2, 0.25) is 0 Å². The lowest BCUT2D eigenvalue weighted by molar-refractivity contribution is 0.0984. The minimum Gasteiger partial charge on any atom is -0.472 e. The molecule has 0 N–H and O–H groups in total. The Morgan fingerprint density at radius 1 is 1.11 bits per heavy atom. The van der Waals surface area contributed by atoms with E-state index in [9.17, 15) is 9.18 Å². The summed E-state index contributed by atoms with van der Waals surface area (Å²) in [5.41, 5.74) is 3.32. The quantitative estimate of drug-likeness (QED) is 0.563. The predicted octanol–water partition coefficient (Wildman–Crippen LogP) is 5.25. The summed E-state index contributed by atoms with van der Waals surface area (Å²) in [6.45, 7) is 3.52. The van der Waals surface area contributed by atoms with E-state index in [2.05, 4.69) is 24.0 Å². The second-order valence-electron chi connectivity index (χ2n) is 7.07. The molecule has 0 bridgehead atoms. The van der Waals surface area contributed by atoms with Crippen molar-refractivity contribution >= 4 is 17.3 Å². The van der Waals surface area contributed by atoms with Crippen molar-refractivity contribution in [2.75, 3.05) is 16.3 Å². The smallest absolute Gasteiger partial charge is 0.261 e. The van der Waals surface area contributed by atoms with Crippen molar-refractivity contribution in [3.63, 3.8) is 0 Å². The molecule has 1 heterocycles. The summed E-state index contributed by atoms with van der Waals surface area (Å²) in [7, 11) is 0. The van der Waals surface area contributed by atoms with Crippen LogP contribution >= 0.6 is 0 Å². The molecule has 5 heteroatoms. The van der Waals surface area contributed by atoms with Crippen molar-refractivity contribution in [1.29, 1.82) is 0 Å². The topological polar surface area (TPSA) is 36.7 Å². The highest BCUT2D eigenvalue weighted by Gasteiger charge is 2.28. The fraction of sp³-hybridized carbons (Fsp3) is 0.261. The van der Waals surface area contributed by atoms with Crippen molar-refractivity contribution < 1.29 is 13.6 Å². The van der Waals surface area contributed by atoms with Gasteiger partial charge in [-0.25, -0.2) is 4.39 Å². The molecular formula is C23H23FN2O2. The summed E-state index contributed by atoms with van der Waals surface area (Å²) in [5.74, 6) is -0.509. The van der Waals surface area contributed by atoms with Crippen LogP contribution in [0.1, 0.15) is 35.7 Å². The molecule has 0 unspecified atom stereocenters. The Kier molecular flexibility index (Phi) is 5.15. The Morgan fingerprint density at radius 3 is 2.54 bits per heavy atom. The third kappa shape index (κ3) is 3.93. The Morgan fingerprint density at radius 2 is 1.89 bits per heavy atom. The molecule has 4 nitrogen and oxygen atoms in total. The van der Waals surface area contributed by atoms with Gasteiger partial charge in [0.15, 0.2) is 0 Å². The number of hydrogen-bond donors (Lipinski definition) is 0. The molecule has 1 amide bonds. The highest BCUT2D eigenvalue weighted by molar-refractivity contribution is 6.05. The van der Waals surface area contributed by atoms with Crippen molar-refractivity contribution in [3.8, 4) is 0 Å². The molecule has 28 heavy (non-hydrogen) atoms. The number of benzene rings is 2. The van der Waals surface area contributed by atoms with Crippen LogP contribution in [0, 0.1) is 5.82 Å². The number of hydrogen-bond acceptors (Lipinski definition) is 3. The number of carbonyl (C=O) groups excluding carboxylic acids is 1. The van der Waals surface area contributed by atoms with Gasteiger partial charge in [0.25, 0.3) is 5.91 Å². The molecule has 0 saturated heterocycles. The molecular weight excluding hydrogens is 355 g/mol. The lowest BCUT2D eigenvalue weighted by atomic mass is 10.1. The molecule has 0 aliphatic heterocycles.